The number of imidazole rings is 2. The number of nitrogens with zero attached hydrogens (tertiary/aromatic N) is 10. The lowest BCUT2D eigenvalue weighted by Gasteiger charge is -2.24. The van der Waals surface area contributed by atoms with Crippen molar-refractivity contribution < 1.29 is 0 Å². The second-order valence-electron chi connectivity index (χ2n) is 25.9. The summed E-state index contributed by atoms with van der Waals surface area (Å²) >= 11 is 0. The Morgan fingerprint density at radius 2 is 0.481 bits per heavy atom. The van der Waals surface area contributed by atoms with Crippen LogP contribution in [0, 0.1) is 0 Å². The summed E-state index contributed by atoms with van der Waals surface area (Å²) in [7, 11) is 0. The van der Waals surface area contributed by atoms with Crippen LogP contribution in [-0.2, 0) is 0 Å². The summed E-state index contributed by atoms with van der Waals surface area (Å²) in [6, 6.07) is 131. The molecule has 0 saturated carbocycles. The number of hydrogen-bond donors (Lipinski definition) is 0. The van der Waals surface area contributed by atoms with Crippen molar-refractivity contribution in [2.75, 3.05) is 9.80 Å². The van der Waals surface area contributed by atoms with Crippen LogP contribution < -0.4 is 9.80 Å². The summed E-state index contributed by atoms with van der Waals surface area (Å²) in [4.78, 5) is 35.2. The molecule has 4 aromatic heterocycles. The van der Waals surface area contributed by atoms with Gasteiger partial charge in [-0.05, 0) is 119 Å². The van der Waals surface area contributed by atoms with Gasteiger partial charge < -0.3 is 0 Å². The zero-order valence-electron chi connectivity index (χ0n) is 56.3. The van der Waals surface area contributed by atoms with Crippen LogP contribution >= 0.6 is 0 Å². The largest absolute Gasteiger partial charge is 0.280 e. The zero-order chi connectivity index (χ0) is 68.9. The average molecular weight is 1330 g/mol. The Bertz CT molecular complexity index is 5730. The molecular formula is C94H62N10. The van der Waals surface area contributed by atoms with Crippen molar-refractivity contribution in [2.45, 2.75) is 0 Å². The molecule has 0 bridgehead atoms. The zero-order valence-corrected chi connectivity index (χ0v) is 56.3. The second-order valence-corrected chi connectivity index (χ2v) is 25.9. The maximum Gasteiger partial charge on any atom is 0.220 e. The molecule has 2 aliphatic rings. The first-order chi connectivity index (χ1) is 51.6. The minimum Gasteiger partial charge on any atom is -0.280 e. The van der Waals surface area contributed by atoms with Gasteiger partial charge in [0.05, 0.1) is 67.6 Å². The fraction of sp³-hybridized carbons (Fsp3) is 0. The summed E-state index contributed by atoms with van der Waals surface area (Å²) < 4.78 is 4.58. The molecule has 6 heterocycles. The van der Waals surface area contributed by atoms with Gasteiger partial charge in [0.15, 0.2) is 11.6 Å². The van der Waals surface area contributed by atoms with Crippen LogP contribution in [0.1, 0.15) is 0 Å². The molecule has 18 aromatic rings. The molecule has 10 heteroatoms. The summed E-state index contributed by atoms with van der Waals surface area (Å²) in [5.41, 5.74) is 29.4. The molecule has 0 radical (unpaired) electrons. The van der Waals surface area contributed by atoms with Crippen molar-refractivity contribution in [3.63, 3.8) is 0 Å². The summed E-state index contributed by atoms with van der Waals surface area (Å²) in [5.74, 6) is 3.12. The molecule has 0 N–H and O–H groups in total. The molecular weight excluding hydrogens is 1270 g/mol. The summed E-state index contributed by atoms with van der Waals surface area (Å²) in [6.45, 7) is 0. The van der Waals surface area contributed by atoms with Crippen molar-refractivity contribution in [3.8, 4) is 124 Å². The standard InChI is InChI=1S/2C47H31N5/c1-3-14-33(15-4-1)41-31-42(49-46(48-41)34-16-5-2-6-17-34)36-19-13-18-35(30-36)32-26-28-37(29-27-32)51-43-23-10-7-20-38(43)39-21-8-11-24-44(39)52-45-25-12-9-22-40(45)50-47(51)52;1-3-14-33(15-4-1)41-31-42(34-16-5-2-6-17-34)49-46(48-41)36-19-13-18-35(30-36)32-26-28-37(29-27-32)51-43-23-10-7-20-38(43)39-21-8-11-24-44(39)52-45-25-12-9-22-40(45)50-47(51)52/h2*1-31H. The Balaban J connectivity index is 0.000000143. The van der Waals surface area contributed by atoms with E-state index in [0.717, 1.165) is 152 Å². The quantitative estimate of drug-likeness (QED) is 0.134. The highest BCUT2D eigenvalue weighted by atomic mass is 15.3. The van der Waals surface area contributed by atoms with E-state index in [-0.39, 0.29) is 0 Å². The number of rotatable bonds is 10. The molecule has 0 aliphatic carbocycles. The van der Waals surface area contributed by atoms with Crippen molar-refractivity contribution in [1.82, 2.24) is 39.0 Å². The van der Waals surface area contributed by atoms with Crippen molar-refractivity contribution >= 4 is 56.7 Å². The van der Waals surface area contributed by atoms with Gasteiger partial charge in [0.1, 0.15) is 0 Å². The molecule has 0 amide bonds. The lowest BCUT2D eigenvalue weighted by atomic mass is 9.99. The van der Waals surface area contributed by atoms with Gasteiger partial charge >= 0.3 is 0 Å². The van der Waals surface area contributed by atoms with Gasteiger partial charge in [0, 0.05) is 67.0 Å². The third-order valence-electron chi connectivity index (χ3n) is 19.5. The van der Waals surface area contributed by atoms with Crippen LogP contribution in [0.3, 0.4) is 0 Å². The Morgan fingerprint density at radius 1 is 0.183 bits per heavy atom. The van der Waals surface area contributed by atoms with Crippen LogP contribution in [0.5, 0.6) is 0 Å². The molecule has 14 aromatic carbocycles. The molecule has 2 aliphatic heterocycles. The lowest BCUT2D eigenvalue weighted by molar-refractivity contribution is 1.05. The van der Waals surface area contributed by atoms with Gasteiger partial charge in [-0.25, -0.2) is 29.9 Å². The number of anilines is 6. The number of fused-ring (bicyclic) bond motifs is 14. The fourth-order valence-corrected chi connectivity index (χ4v) is 14.6. The summed E-state index contributed by atoms with van der Waals surface area (Å²) in [5, 5.41) is 0. The molecule has 488 valence electrons. The molecule has 0 atom stereocenters. The third-order valence-corrected chi connectivity index (χ3v) is 19.5. The van der Waals surface area contributed by atoms with Gasteiger partial charge in [-0.3, -0.25) is 18.9 Å². The van der Waals surface area contributed by atoms with Crippen LogP contribution in [0.2, 0.25) is 0 Å². The van der Waals surface area contributed by atoms with Gasteiger partial charge in [-0.2, -0.15) is 0 Å². The third kappa shape index (κ3) is 11.1. The van der Waals surface area contributed by atoms with Gasteiger partial charge in [-0.1, -0.05) is 279 Å². The van der Waals surface area contributed by atoms with E-state index in [9.17, 15) is 0 Å². The van der Waals surface area contributed by atoms with E-state index in [4.69, 9.17) is 29.9 Å². The predicted octanol–water partition coefficient (Wildman–Crippen LogP) is 23.9. The monoisotopic (exact) mass is 1330 g/mol. The molecule has 0 unspecified atom stereocenters. The van der Waals surface area contributed by atoms with E-state index < -0.39 is 0 Å². The van der Waals surface area contributed by atoms with Crippen LogP contribution in [0.15, 0.2) is 376 Å². The molecule has 104 heavy (non-hydrogen) atoms. The molecule has 20 rings (SSSR count). The summed E-state index contributed by atoms with van der Waals surface area (Å²) in [6.07, 6.45) is 0. The van der Waals surface area contributed by atoms with E-state index in [1.165, 1.54) is 16.7 Å². The predicted molar refractivity (Wildman–Crippen MR) is 424 cm³/mol. The Labute approximate surface area is 601 Å². The molecule has 0 saturated heterocycles. The highest BCUT2D eigenvalue weighted by Gasteiger charge is 2.31. The highest BCUT2D eigenvalue weighted by Crippen LogP contribution is 2.50. The minimum absolute atomic E-state index is 0.693. The Morgan fingerprint density at radius 3 is 0.904 bits per heavy atom. The van der Waals surface area contributed by atoms with Crippen LogP contribution in [-0.4, -0.2) is 39.0 Å². The van der Waals surface area contributed by atoms with Gasteiger partial charge in [0.25, 0.3) is 0 Å². The second kappa shape index (κ2) is 26.1. The first-order valence-electron chi connectivity index (χ1n) is 34.9. The maximum atomic E-state index is 5.23. The normalized spacial score (nSPS) is 11.8. The number of benzene rings is 14. The molecule has 10 nitrogen and oxygen atoms in total. The van der Waals surface area contributed by atoms with Crippen molar-refractivity contribution in [3.05, 3.63) is 376 Å². The van der Waals surface area contributed by atoms with Crippen LogP contribution in [0.4, 0.5) is 34.6 Å². The van der Waals surface area contributed by atoms with Gasteiger partial charge in [-0.15, -0.1) is 0 Å². The maximum absolute atomic E-state index is 5.23. The average Bonchev–Trinajstić information content (AvgIpc) is 1.59. The van der Waals surface area contributed by atoms with E-state index in [1.54, 1.807) is 0 Å². The smallest absolute Gasteiger partial charge is 0.220 e. The van der Waals surface area contributed by atoms with Crippen molar-refractivity contribution in [2.24, 2.45) is 0 Å². The van der Waals surface area contributed by atoms with E-state index in [1.807, 2.05) is 78.9 Å². The Kier molecular flexibility index (Phi) is 15.3. The number of para-hydroxylation sites is 8. The minimum atomic E-state index is 0.693. The van der Waals surface area contributed by atoms with E-state index >= 15 is 0 Å². The number of aromatic nitrogens is 8. The van der Waals surface area contributed by atoms with Gasteiger partial charge in [0.2, 0.25) is 11.9 Å². The molecule has 0 fully saturated rings. The Hall–Kier alpha value is -14.2. The van der Waals surface area contributed by atoms with Crippen molar-refractivity contribution in [1.29, 1.82) is 0 Å². The topological polar surface area (TPSA) is 93.7 Å². The fourth-order valence-electron chi connectivity index (χ4n) is 14.6. The first kappa shape index (κ1) is 60.9. The number of hydrogen-bond acceptors (Lipinski definition) is 8. The SMILES string of the molecule is c1ccc(-c2cc(-c3cccc(-c4ccc(N5c6ccccc6-c6ccccc6-n6c5nc5ccccc56)cc4)c3)nc(-c3ccccc3)n2)cc1.c1ccc(-c2cc(-c3ccccc3)nc(-c3cccc(-c4ccc(N5c6ccccc6-c6ccccc6-n6c5nc5ccccc56)cc4)c3)n2)cc1. The molecule has 0 spiro atoms. The first-order valence-corrected chi connectivity index (χ1v) is 34.9. The van der Waals surface area contributed by atoms with E-state index in [2.05, 4.69) is 316 Å². The highest BCUT2D eigenvalue weighted by molar-refractivity contribution is 5.99. The lowest BCUT2D eigenvalue weighted by Crippen LogP contribution is -2.14. The van der Waals surface area contributed by atoms with E-state index in [0.29, 0.717) is 11.6 Å². The van der Waals surface area contributed by atoms with Crippen LogP contribution in [0.25, 0.3) is 146 Å².